The third-order valence-electron chi connectivity index (χ3n) is 12.7. The maximum atomic E-state index is 14.0. The van der Waals surface area contributed by atoms with Crippen LogP contribution in [0.4, 0.5) is 19.2 Å². The molecule has 442 valence electrons. The third-order valence-corrected chi connectivity index (χ3v) is 12.7. The number of rotatable bonds is 16. The van der Waals surface area contributed by atoms with Crippen molar-refractivity contribution in [3.05, 3.63) is 11.8 Å². The van der Waals surface area contributed by atoms with Gasteiger partial charge in [0.2, 0.25) is 5.91 Å². The molecule has 0 bridgehead atoms. The summed E-state index contributed by atoms with van der Waals surface area (Å²) in [6.07, 6.45) is -10.7. The van der Waals surface area contributed by atoms with Crippen molar-refractivity contribution < 1.29 is 87.1 Å². The number of likely N-dealkylation sites (N-methyl/N-ethyl adjacent to an activating group) is 1. The molecule has 24 heteroatoms. The molecule has 0 aromatic carbocycles. The second kappa shape index (κ2) is 25.6. The van der Waals surface area contributed by atoms with E-state index < -0.39 is 143 Å². The summed E-state index contributed by atoms with van der Waals surface area (Å²) in [6, 6.07) is -4.92. The highest BCUT2D eigenvalue weighted by Crippen LogP contribution is 2.39. The van der Waals surface area contributed by atoms with Gasteiger partial charge in [0, 0.05) is 31.5 Å². The Balaban J connectivity index is 1.75. The number of hydrogen-bond donors (Lipinski definition) is 9. The molecule has 0 aromatic heterocycles. The van der Waals surface area contributed by atoms with Crippen LogP contribution in [0.3, 0.4) is 0 Å². The number of hydrogen-bond acceptors (Lipinski definition) is 19. The molecule has 2 aliphatic carbocycles. The predicted molar refractivity (Wildman–Crippen MR) is 279 cm³/mol. The number of amides is 5. The van der Waals surface area contributed by atoms with Gasteiger partial charge in [0.25, 0.3) is 0 Å². The minimum Gasteiger partial charge on any atom is -0.491 e. The fourth-order valence-electron chi connectivity index (χ4n) is 9.64. The van der Waals surface area contributed by atoms with Gasteiger partial charge in [-0.05, 0) is 161 Å². The van der Waals surface area contributed by atoms with E-state index in [0.717, 1.165) is 4.90 Å². The number of nitrogens with one attached hydrogen (secondary N) is 5. The van der Waals surface area contributed by atoms with Gasteiger partial charge in [-0.3, -0.25) is 9.59 Å². The Hall–Kier alpha value is -4.72. The second-order valence-electron chi connectivity index (χ2n) is 26.0. The number of carbonyl (C=O) groups excluding carboxylic acids is 6. The number of esters is 1. The van der Waals surface area contributed by atoms with Crippen LogP contribution < -0.4 is 26.6 Å². The van der Waals surface area contributed by atoms with E-state index >= 15 is 0 Å². The SMILES string of the molecule is CN(C(=O)OC(C)(C)C)[C@@H]1[C@@H](O)[C@@H](O[C@H]2[C@H](NC(=O)[C@@H](O)CCC(=O)OC(C)(C)C)C[C@H](NC(=O)OC(C)(C)C)C([C@H]3OC(CNC[C@H]4C[C@H](NC(=O)OC(C)(C)C)C4)=CC[C@H]3NC(=O)OC(C)(C)C)[C@@H]2O)OC[C@]1(C)O. The standard InChI is InChI=1S/C53H92N6O18/c1-48(2,3)73-35(61)21-20-34(60)42(64)56-33-24-32(58-46(67)76-51(10,11)12)36(37(62)40(33)72-43-38(63)41(53(16,69)27-70-43)59(17)47(68)77-52(13,14)15)39-31(57-45(66)75-50(7,8)9)19-18-30(71-39)26-54-25-28-22-29(23-28)55-44(65)74-49(4,5)6/h18,28-29,31-34,36-41,43,54,60,62-63,69H,19-27H2,1-17H3,(H,55,65)(H,56,64)(H,57,66)(H,58,67)/t28-,29-,31-,32+,33-,34+,36?,37+,38-,39+,40+,41-,43-,53+/m1/s1. The number of alkyl carbamates (subject to hydrolysis) is 3. The van der Waals surface area contributed by atoms with Gasteiger partial charge < -0.3 is 89.8 Å². The lowest BCUT2D eigenvalue weighted by atomic mass is 9.72. The monoisotopic (exact) mass is 1100 g/mol. The Kier molecular flexibility index (Phi) is 21.5. The Morgan fingerprint density at radius 1 is 0.714 bits per heavy atom. The van der Waals surface area contributed by atoms with E-state index in [1.165, 1.54) is 14.0 Å². The quantitative estimate of drug-likeness (QED) is 0.0784. The van der Waals surface area contributed by atoms with Gasteiger partial charge >= 0.3 is 30.3 Å². The van der Waals surface area contributed by atoms with E-state index in [9.17, 15) is 49.2 Å². The van der Waals surface area contributed by atoms with Crippen LogP contribution in [0.2, 0.25) is 0 Å². The molecule has 0 spiro atoms. The summed E-state index contributed by atoms with van der Waals surface area (Å²) in [5.74, 6) is -2.27. The van der Waals surface area contributed by atoms with Crippen LogP contribution in [0, 0.1) is 11.8 Å². The average Bonchev–Trinajstić information content (AvgIpc) is 3.21. The fourth-order valence-corrected chi connectivity index (χ4v) is 9.64. The van der Waals surface area contributed by atoms with Crippen molar-refractivity contribution in [1.82, 2.24) is 31.5 Å². The van der Waals surface area contributed by atoms with Crippen molar-refractivity contribution in [1.29, 1.82) is 0 Å². The molecule has 24 nitrogen and oxygen atoms in total. The van der Waals surface area contributed by atoms with Gasteiger partial charge in [-0.15, -0.1) is 0 Å². The van der Waals surface area contributed by atoms with Crippen LogP contribution in [0.15, 0.2) is 11.8 Å². The van der Waals surface area contributed by atoms with Gasteiger partial charge in [0.1, 0.15) is 63.8 Å². The van der Waals surface area contributed by atoms with Crippen molar-refractivity contribution in [3.63, 3.8) is 0 Å². The van der Waals surface area contributed by atoms with Crippen LogP contribution in [-0.2, 0) is 47.5 Å². The average molecular weight is 1100 g/mol. The van der Waals surface area contributed by atoms with Gasteiger partial charge in [-0.2, -0.15) is 0 Å². The predicted octanol–water partition coefficient (Wildman–Crippen LogP) is 3.78. The first kappa shape index (κ1) is 64.8. The van der Waals surface area contributed by atoms with Crippen LogP contribution in [0.25, 0.3) is 0 Å². The molecular formula is C53H92N6O18. The van der Waals surface area contributed by atoms with Crippen molar-refractivity contribution in [2.45, 2.75) is 250 Å². The summed E-state index contributed by atoms with van der Waals surface area (Å²) in [4.78, 5) is 80.8. The van der Waals surface area contributed by atoms with E-state index in [1.807, 2.05) is 0 Å². The largest absolute Gasteiger partial charge is 0.491 e. The first-order chi connectivity index (χ1) is 35.1. The molecule has 2 saturated carbocycles. The maximum absolute atomic E-state index is 14.0. The molecule has 0 aromatic rings. The zero-order chi connectivity index (χ0) is 58.4. The summed E-state index contributed by atoms with van der Waals surface area (Å²) >= 11 is 0. The summed E-state index contributed by atoms with van der Waals surface area (Å²) in [6.45, 7) is 27.0. The molecular weight excluding hydrogens is 1010 g/mol. The maximum Gasteiger partial charge on any atom is 0.410 e. The van der Waals surface area contributed by atoms with E-state index in [1.54, 1.807) is 110 Å². The molecule has 9 N–H and O–H groups in total. The fraction of sp³-hybridized carbons (Fsp3) is 0.849. The Bertz CT molecular complexity index is 2070. The third kappa shape index (κ3) is 20.8. The highest BCUT2D eigenvalue weighted by molar-refractivity contribution is 5.81. The van der Waals surface area contributed by atoms with Crippen molar-refractivity contribution >= 4 is 36.2 Å². The first-order valence-electron chi connectivity index (χ1n) is 26.7. The van der Waals surface area contributed by atoms with Crippen LogP contribution >= 0.6 is 0 Å². The summed E-state index contributed by atoms with van der Waals surface area (Å²) in [5, 5.41) is 62.6. The molecule has 5 amide bonds. The minimum absolute atomic E-state index is 0.0534. The zero-order valence-corrected chi connectivity index (χ0v) is 48.4. The Labute approximate surface area is 454 Å². The molecule has 12 atom stereocenters. The molecule has 0 radical (unpaired) electrons. The zero-order valence-electron chi connectivity index (χ0n) is 48.4. The number of aliphatic hydroxyl groups excluding tert-OH is 3. The van der Waals surface area contributed by atoms with Crippen molar-refractivity contribution in [3.8, 4) is 0 Å². The molecule has 1 saturated heterocycles. The number of nitrogens with zero attached hydrogens (tertiary/aromatic N) is 1. The van der Waals surface area contributed by atoms with E-state index in [-0.39, 0.29) is 44.2 Å². The van der Waals surface area contributed by atoms with E-state index in [0.29, 0.717) is 25.1 Å². The lowest BCUT2D eigenvalue weighted by Crippen LogP contribution is -2.71. The first-order valence-corrected chi connectivity index (χ1v) is 26.7. The number of ether oxygens (including phenoxy) is 8. The van der Waals surface area contributed by atoms with Crippen LogP contribution in [0.5, 0.6) is 0 Å². The Morgan fingerprint density at radius 3 is 1.77 bits per heavy atom. The minimum atomic E-state index is -1.88. The summed E-state index contributed by atoms with van der Waals surface area (Å²) in [7, 11) is 1.32. The lowest BCUT2D eigenvalue weighted by molar-refractivity contribution is -0.305. The Morgan fingerprint density at radius 2 is 1.23 bits per heavy atom. The van der Waals surface area contributed by atoms with E-state index in [4.69, 9.17) is 37.9 Å². The smallest absolute Gasteiger partial charge is 0.410 e. The van der Waals surface area contributed by atoms with E-state index in [2.05, 4.69) is 26.6 Å². The highest BCUT2D eigenvalue weighted by atomic mass is 16.7. The molecule has 2 aliphatic heterocycles. The molecule has 4 rings (SSSR count). The summed E-state index contributed by atoms with van der Waals surface area (Å²) < 4.78 is 46.9. The second-order valence-corrected chi connectivity index (χ2v) is 26.0. The van der Waals surface area contributed by atoms with Gasteiger partial charge in [-0.1, -0.05) is 0 Å². The van der Waals surface area contributed by atoms with Crippen molar-refractivity contribution in [2.24, 2.45) is 11.8 Å². The van der Waals surface area contributed by atoms with Gasteiger partial charge in [-0.25, -0.2) is 19.2 Å². The summed E-state index contributed by atoms with van der Waals surface area (Å²) in [5.41, 5.74) is -6.22. The molecule has 4 aliphatic rings. The topological polar surface area (TPSA) is 321 Å². The molecule has 1 unspecified atom stereocenters. The lowest BCUT2D eigenvalue weighted by Gasteiger charge is -2.52. The molecule has 77 heavy (non-hydrogen) atoms. The normalized spacial score (nSPS) is 30.4. The van der Waals surface area contributed by atoms with Crippen LogP contribution in [-0.4, -0.2) is 189 Å². The molecule has 2 heterocycles. The van der Waals surface area contributed by atoms with Gasteiger partial charge in [0.15, 0.2) is 6.29 Å². The van der Waals surface area contributed by atoms with Gasteiger partial charge in [0.05, 0.1) is 37.4 Å². The highest BCUT2D eigenvalue weighted by Gasteiger charge is 2.57. The number of carbonyl (C=O) groups is 6. The van der Waals surface area contributed by atoms with Crippen molar-refractivity contribution in [2.75, 3.05) is 26.7 Å². The van der Waals surface area contributed by atoms with Crippen LogP contribution in [0.1, 0.15) is 149 Å². The number of aliphatic hydroxyl groups is 4. The molecule has 3 fully saturated rings.